The minimum atomic E-state index is -2.76. The maximum absolute atomic E-state index is 13.0. The van der Waals surface area contributed by atoms with Crippen molar-refractivity contribution in [2.75, 3.05) is 5.32 Å². The fourth-order valence-electron chi connectivity index (χ4n) is 1.97. The lowest BCUT2D eigenvalue weighted by atomic mass is 10.2. The molecule has 0 radical (unpaired) electrons. The number of hydrogen-bond acceptors (Lipinski definition) is 4. The summed E-state index contributed by atoms with van der Waals surface area (Å²) in [5, 5.41) is 12.7. The highest BCUT2D eigenvalue weighted by Crippen LogP contribution is 2.25. The molecule has 0 aliphatic rings. The first-order valence-electron chi connectivity index (χ1n) is 6.88. The van der Waals surface area contributed by atoms with Crippen molar-refractivity contribution in [3.8, 4) is 0 Å². The van der Waals surface area contributed by atoms with E-state index in [1.54, 1.807) is 6.92 Å². The molecule has 120 valence electrons. The zero-order valence-corrected chi connectivity index (χ0v) is 12.6. The first-order valence-corrected chi connectivity index (χ1v) is 6.88. The number of alkyl halides is 2. The van der Waals surface area contributed by atoms with Gasteiger partial charge in [0.25, 0.3) is 6.43 Å². The number of halogens is 2. The fraction of sp³-hybridized carbons (Fsp3) is 0.538. The predicted molar refractivity (Wildman–Crippen MR) is 75.5 cm³/mol. The second-order valence-corrected chi connectivity index (χ2v) is 5.41. The van der Waals surface area contributed by atoms with Gasteiger partial charge < -0.3 is 5.32 Å². The second kappa shape index (κ2) is 6.63. The molecule has 2 aromatic rings. The average molecular weight is 312 g/mol. The van der Waals surface area contributed by atoms with Crippen molar-refractivity contribution in [3.05, 3.63) is 23.5 Å². The number of aromatic amines is 1. The molecule has 0 spiro atoms. The molecule has 2 N–H and O–H groups in total. The molecule has 0 aliphatic heterocycles. The number of anilines is 1. The van der Waals surface area contributed by atoms with Gasteiger partial charge in [-0.1, -0.05) is 13.8 Å². The van der Waals surface area contributed by atoms with Gasteiger partial charge in [0.05, 0.1) is 12.1 Å². The molecule has 0 saturated heterocycles. The summed E-state index contributed by atoms with van der Waals surface area (Å²) in [6, 6.07) is 0. The third-order valence-electron chi connectivity index (χ3n) is 2.79. The molecule has 0 fully saturated rings. The summed E-state index contributed by atoms with van der Waals surface area (Å²) in [7, 11) is 0. The van der Waals surface area contributed by atoms with Gasteiger partial charge in [0.2, 0.25) is 5.91 Å². The van der Waals surface area contributed by atoms with Crippen LogP contribution in [0, 0.1) is 12.8 Å². The number of amides is 1. The van der Waals surface area contributed by atoms with Crippen LogP contribution in [0.15, 0.2) is 6.20 Å². The van der Waals surface area contributed by atoms with E-state index in [-0.39, 0.29) is 18.0 Å². The monoisotopic (exact) mass is 312 g/mol. The van der Waals surface area contributed by atoms with Crippen molar-refractivity contribution in [2.45, 2.75) is 40.2 Å². The lowest BCUT2D eigenvalue weighted by molar-refractivity contribution is -0.115. The van der Waals surface area contributed by atoms with E-state index in [0.29, 0.717) is 18.2 Å². The van der Waals surface area contributed by atoms with Crippen LogP contribution < -0.4 is 5.32 Å². The number of carbonyl (C=O) groups excluding carboxylic acids is 1. The zero-order chi connectivity index (χ0) is 16.3. The fourth-order valence-corrected chi connectivity index (χ4v) is 1.97. The van der Waals surface area contributed by atoms with E-state index in [1.165, 1.54) is 10.9 Å². The van der Waals surface area contributed by atoms with Gasteiger partial charge in [0, 0.05) is 12.7 Å². The highest BCUT2D eigenvalue weighted by atomic mass is 19.3. The van der Waals surface area contributed by atoms with Crippen LogP contribution >= 0.6 is 0 Å². The number of nitrogens with zero attached hydrogens (tertiary/aromatic N) is 4. The Morgan fingerprint density at radius 3 is 2.73 bits per heavy atom. The largest absolute Gasteiger partial charge is 0.323 e. The van der Waals surface area contributed by atoms with Gasteiger partial charge in [0.1, 0.15) is 5.82 Å². The first kappa shape index (κ1) is 16.1. The highest BCUT2D eigenvalue weighted by molar-refractivity contribution is 5.92. The molecule has 0 saturated carbocycles. The number of aromatic nitrogens is 5. The quantitative estimate of drug-likeness (QED) is 0.855. The van der Waals surface area contributed by atoms with E-state index in [9.17, 15) is 13.6 Å². The Kier molecular flexibility index (Phi) is 4.84. The number of hydrogen-bond donors (Lipinski definition) is 2. The Bertz CT molecular complexity index is 649. The second-order valence-electron chi connectivity index (χ2n) is 5.41. The minimum absolute atomic E-state index is 0.0212. The summed E-state index contributed by atoms with van der Waals surface area (Å²) in [4.78, 5) is 15.9. The lowest BCUT2D eigenvalue weighted by Crippen LogP contribution is -2.16. The van der Waals surface area contributed by atoms with Crippen molar-refractivity contribution < 1.29 is 13.6 Å². The summed E-state index contributed by atoms with van der Waals surface area (Å²) < 4.78 is 27.4. The summed E-state index contributed by atoms with van der Waals surface area (Å²) in [5.41, 5.74) is -0.409. The van der Waals surface area contributed by atoms with E-state index < -0.39 is 18.0 Å². The van der Waals surface area contributed by atoms with Crippen LogP contribution in [0.5, 0.6) is 0 Å². The molecule has 0 unspecified atom stereocenters. The van der Waals surface area contributed by atoms with Gasteiger partial charge in [-0.15, -0.1) is 0 Å². The van der Waals surface area contributed by atoms with E-state index in [1.807, 2.05) is 13.8 Å². The van der Waals surface area contributed by atoms with Crippen LogP contribution in [-0.2, 0) is 17.8 Å². The highest BCUT2D eigenvalue weighted by Gasteiger charge is 2.20. The summed E-state index contributed by atoms with van der Waals surface area (Å²) in [5.74, 6) is 0.680. The Morgan fingerprint density at radius 2 is 2.18 bits per heavy atom. The Hall–Kier alpha value is -2.32. The third kappa shape index (κ3) is 4.09. The molecule has 0 bridgehead atoms. The van der Waals surface area contributed by atoms with Crippen molar-refractivity contribution in [3.63, 3.8) is 0 Å². The van der Waals surface area contributed by atoms with E-state index >= 15 is 0 Å². The van der Waals surface area contributed by atoms with Crippen LogP contribution in [-0.4, -0.2) is 30.9 Å². The van der Waals surface area contributed by atoms with Crippen LogP contribution in [0.4, 0.5) is 14.5 Å². The van der Waals surface area contributed by atoms with Crippen LogP contribution in [0.25, 0.3) is 0 Å². The number of aryl methyl sites for hydroxylation is 1. The molecule has 9 heteroatoms. The first-order chi connectivity index (χ1) is 10.3. The van der Waals surface area contributed by atoms with Gasteiger partial charge in [-0.2, -0.15) is 10.2 Å². The summed E-state index contributed by atoms with van der Waals surface area (Å²) >= 11 is 0. The maximum atomic E-state index is 13.0. The Labute approximate surface area is 126 Å². The molecule has 7 nitrogen and oxygen atoms in total. The standard InChI is InChI=1S/C13H18F2N6O/c1-7(2)5-21-6-9(12(20-21)13(14)15)17-11(22)4-10-16-8(3)18-19-10/h6-7,13H,4-5H2,1-3H3,(H,17,22)(H,16,18,19). The zero-order valence-electron chi connectivity index (χ0n) is 12.6. The van der Waals surface area contributed by atoms with Crippen molar-refractivity contribution in [2.24, 2.45) is 5.92 Å². The molecule has 1 amide bonds. The van der Waals surface area contributed by atoms with Crippen LogP contribution in [0.2, 0.25) is 0 Å². The molecule has 0 atom stereocenters. The lowest BCUT2D eigenvalue weighted by Gasteiger charge is -2.03. The minimum Gasteiger partial charge on any atom is -0.323 e. The smallest absolute Gasteiger partial charge is 0.284 e. The third-order valence-corrected chi connectivity index (χ3v) is 2.79. The van der Waals surface area contributed by atoms with Gasteiger partial charge in [-0.25, -0.2) is 13.8 Å². The number of carbonyl (C=O) groups is 1. The van der Waals surface area contributed by atoms with Gasteiger partial charge >= 0.3 is 0 Å². The van der Waals surface area contributed by atoms with E-state index in [4.69, 9.17) is 0 Å². The van der Waals surface area contributed by atoms with Crippen LogP contribution in [0.1, 0.15) is 37.6 Å². The van der Waals surface area contributed by atoms with Crippen LogP contribution in [0.3, 0.4) is 0 Å². The van der Waals surface area contributed by atoms with Crippen molar-refractivity contribution in [1.29, 1.82) is 0 Å². The normalized spacial score (nSPS) is 11.4. The van der Waals surface area contributed by atoms with Crippen molar-refractivity contribution in [1.82, 2.24) is 25.0 Å². The molecule has 2 aromatic heterocycles. The van der Waals surface area contributed by atoms with Gasteiger partial charge in [-0.05, 0) is 12.8 Å². The van der Waals surface area contributed by atoms with Gasteiger partial charge in [-0.3, -0.25) is 14.6 Å². The van der Waals surface area contributed by atoms with E-state index in [2.05, 4.69) is 25.6 Å². The molecule has 0 aliphatic carbocycles. The summed E-state index contributed by atoms with van der Waals surface area (Å²) in [6.07, 6.45) is -1.43. The molecule has 2 heterocycles. The predicted octanol–water partition coefficient (Wildman–Crippen LogP) is 2.08. The van der Waals surface area contributed by atoms with Crippen molar-refractivity contribution >= 4 is 11.6 Å². The summed E-state index contributed by atoms with van der Waals surface area (Å²) in [6.45, 7) is 6.11. The topological polar surface area (TPSA) is 88.5 Å². The molecular weight excluding hydrogens is 294 g/mol. The number of H-pyrrole nitrogens is 1. The Morgan fingerprint density at radius 1 is 1.45 bits per heavy atom. The number of nitrogens with one attached hydrogen (secondary N) is 2. The van der Waals surface area contributed by atoms with Gasteiger partial charge in [0.15, 0.2) is 11.5 Å². The molecular formula is C13H18F2N6O. The maximum Gasteiger partial charge on any atom is 0.284 e. The number of rotatable bonds is 6. The molecule has 22 heavy (non-hydrogen) atoms. The molecule has 0 aromatic carbocycles. The Balaban J connectivity index is 2.10. The molecule has 2 rings (SSSR count). The van der Waals surface area contributed by atoms with E-state index in [0.717, 1.165) is 0 Å². The average Bonchev–Trinajstić information content (AvgIpc) is 2.95. The SMILES string of the molecule is Cc1nc(CC(=O)Nc2cn(CC(C)C)nc2C(F)F)n[nH]1.